The number of ether oxygens (including phenoxy) is 1. The molecule has 10 rings (SSSR count). The van der Waals surface area contributed by atoms with E-state index in [0.717, 1.165) is 92.4 Å². The van der Waals surface area contributed by atoms with Crippen molar-refractivity contribution in [3.63, 3.8) is 0 Å². The van der Waals surface area contributed by atoms with Crippen molar-refractivity contribution in [2.75, 3.05) is 76.2 Å². The molecular formula is C47H54N12O5S. The van der Waals surface area contributed by atoms with Crippen LogP contribution >= 0.6 is 11.3 Å². The van der Waals surface area contributed by atoms with E-state index in [1.165, 1.54) is 16.5 Å². The number of rotatable bonds is 10. The SMILES string of the molecule is CC(C)c1cc(C(=O)N2Cc3ccc(CN4CCC(n5cc(C(=O)N6CCN(Cc7cc8nc(-c9cnc(N)nc9)nc(N9CCOCC9)c8s7)CC6)cn5)CC4)cc3C2)c(O)cc1O. The maximum atomic E-state index is 13.7. The van der Waals surface area contributed by atoms with Crippen LogP contribution in [0, 0.1) is 0 Å². The molecule has 4 N–H and O–H groups in total. The average molecular weight is 899 g/mol. The second-order valence-corrected chi connectivity index (χ2v) is 19.0. The van der Waals surface area contributed by atoms with Crippen molar-refractivity contribution in [2.24, 2.45) is 0 Å². The normalized spacial score (nSPS) is 17.7. The van der Waals surface area contributed by atoms with Crippen LogP contribution in [-0.4, -0.2) is 137 Å². The van der Waals surface area contributed by atoms with Crippen molar-refractivity contribution >= 4 is 45.1 Å². The van der Waals surface area contributed by atoms with Gasteiger partial charge in [-0.3, -0.25) is 24.1 Å². The minimum absolute atomic E-state index is 0.00242. The number of hydrogen-bond donors (Lipinski definition) is 3. The zero-order valence-electron chi connectivity index (χ0n) is 36.8. The molecule has 4 aromatic heterocycles. The lowest BCUT2D eigenvalue weighted by atomic mass is 9.98. The predicted octanol–water partition coefficient (Wildman–Crippen LogP) is 5.25. The molecule has 65 heavy (non-hydrogen) atoms. The highest BCUT2D eigenvalue weighted by molar-refractivity contribution is 7.19. The van der Waals surface area contributed by atoms with Gasteiger partial charge in [0.1, 0.15) is 11.5 Å². The molecule has 2 amide bonds. The van der Waals surface area contributed by atoms with Crippen molar-refractivity contribution in [1.29, 1.82) is 0 Å². The monoisotopic (exact) mass is 898 g/mol. The lowest BCUT2D eigenvalue weighted by Crippen LogP contribution is -2.48. The smallest absolute Gasteiger partial charge is 0.258 e. The Hall–Kier alpha value is -6.21. The lowest BCUT2D eigenvalue weighted by molar-refractivity contribution is 0.0629. The van der Waals surface area contributed by atoms with Gasteiger partial charge < -0.3 is 35.4 Å². The van der Waals surface area contributed by atoms with Gasteiger partial charge in [-0.15, -0.1) is 11.3 Å². The highest BCUT2D eigenvalue weighted by atomic mass is 32.1. The molecule has 338 valence electrons. The fourth-order valence-corrected chi connectivity index (χ4v) is 10.6. The number of aromatic hydroxyl groups is 2. The van der Waals surface area contributed by atoms with E-state index in [2.05, 4.69) is 54.0 Å². The third kappa shape index (κ3) is 8.95. The molecule has 0 saturated carbocycles. The van der Waals surface area contributed by atoms with E-state index in [4.69, 9.17) is 20.4 Å². The van der Waals surface area contributed by atoms with Crippen LogP contribution in [0.4, 0.5) is 11.8 Å². The number of fused-ring (bicyclic) bond motifs is 2. The quantitative estimate of drug-likeness (QED) is 0.161. The number of piperidine rings is 1. The molecule has 0 unspecified atom stereocenters. The molecule has 8 heterocycles. The lowest BCUT2D eigenvalue weighted by Gasteiger charge is -2.34. The molecule has 0 aliphatic carbocycles. The molecule has 17 nitrogen and oxygen atoms in total. The van der Waals surface area contributed by atoms with E-state index < -0.39 is 0 Å². The number of thiophene rings is 1. The van der Waals surface area contributed by atoms with Gasteiger partial charge in [-0.2, -0.15) is 5.10 Å². The molecular weight excluding hydrogens is 845 g/mol. The Morgan fingerprint density at radius 3 is 2.31 bits per heavy atom. The number of benzene rings is 2. The topological polar surface area (TPSA) is 195 Å². The second-order valence-electron chi connectivity index (χ2n) is 17.9. The van der Waals surface area contributed by atoms with Gasteiger partial charge in [0.2, 0.25) is 5.95 Å². The van der Waals surface area contributed by atoms with Gasteiger partial charge in [-0.1, -0.05) is 32.0 Å². The molecule has 0 bridgehead atoms. The summed E-state index contributed by atoms with van der Waals surface area (Å²) in [4.78, 5) is 57.5. The number of aromatic nitrogens is 6. The third-order valence-electron chi connectivity index (χ3n) is 13.1. The minimum Gasteiger partial charge on any atom is -0.508 e. The number of morpholine rings is 1. The molecule has 6 aromatic rings. The van der Waals surface area contributed by atoms with Crippen molar-refractivity contribution in [2.45, 2.75) is 64.8 Å². The summed E-state index contributed by atoms with van der Waals surface area (Å²) in [6.45, 7) is 13.9. The van der Waals surface area contributed by atoms with E-state index in [1.807, 2.05) is 29.6 Å². The second kappa shape index (κ2) is 18.0. The average Bonchev–Trinajstić information content (AvgIpc) is 4.08. The number of phenolic OH excluding ortho intramolecular Hbond substituents is 2. The fraction of sp³-hybridized carbons (Fsp3) is 0.426. The van der Waals surface area contributed by atoms with E-state index in [0.29, 0.717) is 61.9 Å². The maximum Gasteiger partial charge on any atom is 0.258 e. The van der Waals surface area contributed by atoms with Crippen LogP contribution in [-0.2, 0) is 30.9 Å². The summed E-state index contributed by atoms with van der Waals surface area (Å²) in [5, 5.41) is 25.5. The van der Waals surface area contributed by atoms with E-state index >= 15 is 0 Å². The zero-order chi connectivity index (χ0) is 44.8. The number of likely N-dealkylation sites (tertiary alicyclic amines) is 1. The first-order valence-electron chi connectivity index (χ1n) is 22.5. The highest BCUT2D eigenvalue weighted by Crippen LogP contribution is 2.37. The van der Waals surface area contributed by atoms with Gasteiger partial charge in [0, 0.05) is 108 Å². The number of hydrogen-bond acceptors (Lipinski definition) is 15. The zero-order valence-corrected chi connectivity index (χ0v) is 37.6. The first-order chi connectivity index (χ1) is 31.5. The summed E-state index contributed by atoms with van der Waals surface area (Å²) < 4.78 is 8.67. The number of carbonyl (C=O) groups excluding carboxylic acids is 2. The van der Waals surface area contributed by atoms with Crippen LogP contribution in [0.1, 0.15) is 86.5 Å². The van der Waals surface area contributed by atoms with Gasteiger partial charge in [-0.25, -0.2) is 19.9 Å². The van der Waals surface area contributed by atoms with Crippen LogP contribution in [0.5, 0.6) is 11.5 Å². The first kappa shape index (κ1) is 42.7. The van der Waals surface area contributed by atoms with Gasteiger partial charge in [0.25, 0.3) is 11.8 Å². The Bertz CT molecular complexity index is 2720. The first-order valence-corrected chi connectivity index (χ1v) is 23.3. The van der Waals surface area contributed by atoms with Crippen molar-refractivity contribution in [3.8, 4) is 22.9 Å². The van der Waals surface area contributed by atoms with Gasteiger partial charge in [-0.05, 0) is 53.1 Å². The number of phenols is 2. The molecule has 0 radical (unpaired) electrons. The van der Waals surface area contributed by atoms with Crippen molar-refractivity contribution in [1.82, 2.24) is 49.3 Å². The van der Waals surface area contributed by atoms with Gasteiger partial charge in [0.15, 0.2) is 11.6 Å². The summed E-state index contributed by atoms with van der Waals surface area (Å²) in [5.74, 6) is 1.26. The maximum absolute atomic E-state index is 13.7. The van der Waals surface area contributed by atoms with Gasteiger partial charge >= 0.3 is 0 Å². The number of nitrogens with zero attached hydrogens (tertiary/aromatic N) is 11. The molecule has 0 atom stereocenters. The van der Waals surface area contributed by atoms with E-state index in [-0.39, 0.29) is 46.8 Å². The summed E-state index contributed by atoms with van der Waals surface area (Å²) >= 11 is 1.73. The molecule has 3 fully saturated rings. The number of carbonyl (C=O) groups is 2. The van der Waals surface area contributed by atoms with Crippen LogP contribution in [0.3, 0.4) is 0 Å². The van der Waals surface area contributed by atoms with Crippen LogP contribution in [0.15, 0.2) is 61.2 Å². The number of piperazine rings is 1. The molecule has 4 aliphatic heterocycles. The molecule has 18 heteroatoms. The summed E-state index contributed by atoms with van der Waals surface area (Å²) in [5.41, 5.74) is 12.3. The minimum atomic E-state index is -0.243. The summed E-state index contributed by atoms with van der Waals surface area (Å²) in [7, 11) is 0. The predicted molar refractivity (Wildman–Crippen MR) is 247 cm³/mol. The van der Waals surface area contributed by atoms with Gasteiger partial charge in [0.05, 0.1) is 52.4 Å². The van der Waals surface area contributed by atoms with E-state index in [1.54, 1.807) is 40.9 Å². The largest absolute Gasteiger partial charge is 0.508 e. The molecule has 3 saturated heterocycles. The fourth-order valence-electron chi connectivity index (χ4n) is 9.46. The van der Waals surface area contributed by atoms with Crippen LogP contribution in [0.2, 0.25) is 0 Å². The Morgan fingerprint density at radius 2 is 1.55 bits per heavy atom. The number of amides is 2. The molecule has 0 spiro atoms. The van der Waals surface area contributed by atoms with E-state index in [9.17, 15) is 19.8 Å². The standard InChI is InChI=1S/C47H54N12O5S/c1-29(2)37-19-38(41(61)20-40(37)60)46(63)58-25-31-4-3-30(17-32(31)26-58)24-54-7-5-35(6-8-54)59-27-34(23-51-59)45(62)57-11-9-55(10-12-57)28-36-18-39-42(65-36)44(56-13-15-64-16-14-56)53-43(52-39)33-21-49-47(48)50-22-33/h3-4,17-23,27,29,35,60-61H,5-16,24-26,28H2,1-2H3,(H2,48,49,50). The summed E-state index contributed by atoms with van der Waals surface area (Å²) in [6, 6.07) is 11.7. The number of nitrogen functional groups attached to an aromatic ring is 1. The number of nitrogens with two attached hydrogens (primary N) is 1. The van der Waals surface area contributed by atoms with Crippen molar-refractivity contribution < 1.29 is 24.5 Å². The molecule has 2 aromatic carbocycles. The number of anilines is 2. The summed E-state index contributed by atoms with van der Waals surface area (Å²) in [6.07, 6.45) is 8.84. The molecule has 4 aliphatic rings. The Kier molecular flexibility index (Phi) is 11.8. The Labute approximate surface area is 381 Å². The third-order valence-corrected chi connectivity index (χ3v) is 14.3. The Morgan fingerprint density at radius 1 is 0.815 bits per heavy atom. The van der Waals surface area contributed by atoms with Crippen LogP contribution in [0.25, 0.3) is 21.6 Å². The Balaban J connectivity index is 0.710. The van der Waals surface area contributed by atoms with Crippen molar-refractivity contribution in [3.05, 3.63) is 99.4 Å². The van der Waals surface area contributed by atoms with Crippen LogP contribution < -0.4 is 10.6 Å². The highest BCUT2D eigenvalue weighted by Gasteiger charge is 2.30.